The van der Waals surface area contributed by atoms with Crippen LogP contribution in [-0.2, 0) is 6.54 Å². The third-order valence-corrected chi connectivity index (χ3v) is 4.40. The van der Waals surface area contributed by atoms with Crippen LogP contribution in [0, 0.1) is 6.92 Å². The van der Waals surface area contributed by atoms with Gasteiger partial charge in [-0.25, -0.2) is 0 Å². The number of thioether (sulfide) groups is 1. The van der Waals surface area contributed by atoms with E-state index in [2.05, 4.69) is 52.9 Å². The Morgan fingerprint density at radius 2 is 2.05 bits per heavy atom. The molecule has 0 saturated carbocycles. The van der Waals surface area contributed by atoms with Crippen molar-refractivity contribution in [1.29, 1.82) is 0 Å². The molecular weight excluding hydrogens is 282 g/mol. The number of aliphatic hydroxyl groups is 1. The summed E-state index contributed by atoms with van der Waals surface area (Å²) in [6.07, 6.45) is 3.05. The molecule has 0 amide bonds. The van der Waals surface area contributed by atoms with Crippen LogP contribution >= 0.6 is 11.8 Å². The lowest BCUT2D eigenvalue weighted by molar-refractivity contribution is 0.284. The van der Waals surface area contributed by atoms with E-state index in [4.69, 9.17) is 5.11 Å². The maximum absolute atomic E-state index is 8.78. The van der Waals surface area contributed by atoms with E-state index in [1.54, 1.807) is 11.8 Å². The van der Waals surface area contributed by atoms with E-state index in [9.17, 15) is 0 Å². The SMILES string of the molecule is CCn1c(SCCCCCO)nnc1-c1cccc(C)c1. The van der Waals surface area contributed by atoms with Crippen molar-refractivity contribution < 1.29 is 5.11 Å². The Morgan fingerprint density at radius 1 is 1.19 bits per heavy atom. The highest BCUT2D eigenvalue weighted by atomic mass is 32.2. The lowest BCUT2D eigenvalue weighted by Gasteiger charge is -2.07. The summed E-state index contributed by atoms with van der Waals surface area (Å²) in [5, 5.41) is 18.5. The smallest absolute Gasteiger partial charge is 0.191 e. The maximum Gasteiger partial charge on any atom is 0.191 e. The monoisotopic (exact) mass is 305 g/mol. The first-order chi connectivity index (χ1) is 10.3. The predicted molar refractivity (Wildman–Crippen MR) is 87.5 cm³/mol. The molecular formula is C16H23N3OS. The summed E-state index contributed by atoms with van der Waals surface area (Å²) in [7, 11) is 0. The van der Waals surface area contributed by atoms with Crippen molar-refractivity contribution in [3.8, 4) is 11.4 Å². The Hall–Kier alpha value is -1.33. The summed E-state index contributed by atoms with van der Waals surface area (Å²) in [6, 6.07) is 8.37. The van der Waals surface area contributed by atoms with Gasteiger partial charge in [-0.15, -0.1) is 10.2 Å². The second kappa shape index (κ2) is 8.20. The minimum atomic E-state index is 0.285. The van der Waals surface area contributed by atoms with E-state index >= 15 is 0 Å². The van der Waals surface area contributed by atoms with Crippen molar-refractivity contribution in [1.82, 2.24) is 14.8 Å². The van der Waals surface area contributed by atoms with Gasteiger partial charge in [-0.2, -0.15) is 0 Å². The average Bonchev–Trinajstić information content (AvgIpc) is 2.90. The van der Waals surface area contributed by atoms with Crippen molar-refractivity contribution >= 4 is 11.8 Å². The van der Waals surface area contributed by atoms with Gasteiger partial charge in [-0.3, -0.25) is 0 Å². The van der Waals surface area contributed by atoms with E-state index in [1.807, 2.05) is 0 Å². The molecule has 1 aromatic heterocycles. The van der Waals surface area contributed by atoms with Crippen LogP contribution in [-0.4, -0.2) is 32.2 Å². The van der Waals surface area contributed by atoms with Gasteiger partial charge in [-0.1, -0.05) is 41.9 Å². The van der Waals surface area contributed by atoms with E-state index in [-0.39, 0.29) is 6.61 Å². The summed E-state index contributed by atoms with van der Waals surface area (Å²) in [5.74, 6) is 1.96. The van der Waals surface area contributed by atoms with Crippen LogP contribution in [0.5, 0.6) is 0 Å². The zero-order chi connectivity index (χ0) is 15.1. The molecule has 0 spiro atoms. The van der Waals surface area contributed by atoms with Crippen molar-refractivity contribution in [2.24, 2.45) is 0 Å². The van der Waals surface area contributed by atoms with Gasteiger partial charge in [0.2, 0.25) is 0 Å². The molecule has 0 aliphatic carbocycles. The number of nitrogens with zero attached hydrogens (tertiary/aromatic N) is 3. The van der Waals surface area contributed by atoms with Gasteiger partial charge in [0.05, 0.1) is 0 Å². The number of hydrogen-bond donors (Lipinski definition) is 1. The first kappa shape index (κ1) is 16.0. The highest BCUT2D eigenvalue weighted by molar-refractivity contribution is 7.99. The van der Waals surface area contributed by atoms with Crippen LogP contribution in [0.3, 0.4) is 0 Å². The van der Waals surface area contributed by atoms with Crippen molar-refractivity contribution in [2.75, 3.05) is 12.4 Å². The summed E-state index contributed by atoms with van der Waals surface area (Å²) in [5.41, 5.74) is 2.35. The zero-order valence-electron chi connectivity index (χ0n) is 12.7. The fraction of sp³-hybridized carbons (Fsp3) is 0.500. The molecule has 0 radical (unpaired) electrons. The Kier molecular flexibility index (Phi) is 6.26. The molecule has 114 valence electrons. The third-order valence-electron chi connectivity index (χ3n) is 3.34. The largest absolute Gasteiger partial charge is 0.396 e. The first-order valence-electron chi connectivity index (χ1n) is 7.50. The molecule has 5 heteroatoms. The molecule has 2 rings (SSSR count). The molecule has 0 atom stereocenters. The molecule has 1 heterocycles. The van der Waals surface area contributed by atoms with E-state index < -0.39 is 0 Å². The van der Waals surface area contributed by atoms with Crippen molar-refractivity contribution in [3.05, 3.63) is 29.8 Å². The number of rotatable bonds is 8. The highest BCUT2D eigenvalue weighted by Crippen LogP contribution is 2.25. The quantitative estimate of drug-likeness (QED) is 0.599. The number of unbranched alkanes of at least 4 members (excludes halogenated alkanes) is 2. The molecule has 0 aliphatic rings. The van der Waals surface area contributed by atoms with Gasteiger partial charge >= 0.3 is 0 Å². The number of hydrogen-bond acceptors (Lipinski definition) is 4. The van der Waals surface area contributed by atoms with Gasteiger partial charge in [0, 0.05) is 24.5 Å². The number of aromatic nitrogens is 3. The number of aliphatic hydroxyl groups excluding tert-OH is 1. The van der Waals surface area contributed by atoms with Gasteiger partial charge < -0.3 is 9.67 Å². The Bertz CT molecular complexity index is 568. The van der Waals surface area contributed by atoms with Crippen LogP contribution in [0.4, 0.5) is 0 Å². The Balaban J connectivity index is 2.07. The van der Waals surface area contributed by atoms with E-state index in [0.29, 0.717) is 0 Å². The summed E-state index contributed by atoms with van der Waals surface area (Å²) < 4.78 is 2.17. The molecule has 1 aromatic carbocycles. The maximum atomic E-state index is 8.78. The summed E-state index contributed by atoms with van der Waals surface area (Å²) in [6.45, 7) is 5.37. The minimum absolute atomic E-state index is 0.285. The predicted octanol–water partition coefficient (Wildman–Crippen LogP) is 3.53. The van der Waals surface area contributed by atoms with E-state index in [1.165, 1.54) is 5.56 Å². The second-order valence-corrected chi connectivity index (χ2v) is 6.11. The van der Waals surface area contributed by atoms with Crippen LogP contribution < -0.4 is 0 Å². The molecule has 1 N–H and O–H groups in total. The van der Waals surface area contributed by atoms with Crippen LogP contribution in [0.1, 0.15) is 31.7 Å². The lowest BCUT2D eigenvalue weighted by atomic mass is 10.1. The Morgan fingerprint density at radius 3 is 2.76 bits per heavy atom. The van der Waals surface area contributed by atoms with E-state index in [0.717, 1.165) is 48.1 Å². The average molecular weight is 305 g/mol. The van der Waals surface area contributed by atoms with Crippen LogP contribution in [0.25, 0.3) is 11.4 Å². The molecule has 0 bridgehead atoms. The summed E-state index contributed by atoms with van der Waals surface area (Å²) in [4.78, 5) is 0. The first-order valence-corrected chi connectivity index (χ1v) is 8.48. The molecule has 21 heavy (non-hydrogen) atoms. The second-order valence-electron chi connectivity index (χ2n) is 5.05. The highest BCUT2D eigenvalue weighted by Gasteiger charge is 2.12. The number of aryl methyl sites for hydroxylation is 1. The molecule has 0 fully saturated rings. The number of benzene rings is 1. The van der Waals surface area contributed by atoms with Crippen molar-refractivity contribution in [3.63, 3.8) is 0 Å². The zero-order valence-corrected chi connectivity index (χ0v) is 13.6. The fourth-order valence-electron chi connectivity index (χ4n) is 2.23. The molecule has 0 unspecified atom stereocenters. The van der Waals surface area contributed by atoms with Gasteiger partial charge in [-0.05, 0) is 32.8 Å². The minimum Gasteiger partial charge on any atom is -0.396 e. The lowest BCUT2D eigenvalue weighted by Crippen LogP contribution is -2.00. The normalized spacial score (nSPS) is 11.0. The summed E-state index contributed by atoms with van der Waals surface area (Å²) >= 11 is 1.75. The van der Waals surface area contributed by atoms with Crippen LogP contribution in [0.2, 0.25) is 0 Å². The molecule has 4 nitrogen and oxygen atoms in total. The molecule has 0 saturated heterocycles. The van der Waals surface area contributed by atoms with Gasteiger partial charge in [0.1, 0.15) is 0 Å². The van der Waals surface area contributed by atoms with Crippen molar-refractivity contribution in [2.45, 2.75) is 44.8 Å². The molecule has 2 aromatic rings. The van der Waals surface area contributed by atoms with Crippen LogP contribution in [0.15, 0.2) is 29.4 Å². The third kappa shape index (κ3) is 4.32. The van der Waals surface area contributed by atoms with Gasteiger partial charge in [0.25, 0.3) is 0 Å². The van der Waals surface area contributed by atoms with Gasteiger partial charge in [0.15, 0.2) is 11.0 Å². The topological polar surface area (TPSA) is 50.9 Å². The Labute approximate surface area is 130 Å². The fourth-order valence-corrected chi connectivity index (χ4v) is 3.23. The standard InChI is InChI=1S/C16H23N3OS/c1-3-19-15(14-9-7-8-13(2)12-14)17-18-16(19)21-11-6-4-5-10-20/h7-9,12,20H,3-6,10-11H2,1-2H3. The molecule has 0 aliphatic heterocycles.